The number of nitrogens with zero attached hydrogens (tertiary/aromatic N) is 1. The summed E-state index contributed by atoms with van der Waals surface area (Å²) in [5, 5.41) is 13.5. The number of pyridine rings is 1. The van der Waals surface area contributed by atoms with Crippen molar-refractivity contribution in [3.63, 3.8) is 0 Å². The summed E-state index contributed by atoms with van der Waals surface area (Å²) in [7, 11) is 0. The first-order valence-corrected chi connectivity index (χ1v) is 9.04. The van der Waals surface area contributed by atoms with Crippen LogP contribution in [0.2, 0.25) is 0 Å². The summed E-state index contributed by atoms with van der Waals surface area (Å²) in [6.45, 7) is 0. The number of hydrogen-bond donors (Lipinski definition) is 2. The van der Waals surface area contributed by atoms with Crippen molar-refractivity contribution >= 4 is 5.91 Å². The molecule has 0 saturated carbocycles. The van der Waals surface area contributed by atoms with E-state index in [1.165, 1.54) is 48.8 Å². The summed E-state index contributed by atoms with van der Waals surface area (Å²) in [5.74, 6) is -0.981. The predicted molar refractivity (Wildman–Crippen MR) is 102 cm³/mol. The van der Waals surface area contributed by atoms with Crippen molar-refractivity contribution in [2.45, 2.75) is 24.7 Å². The summed E-state index contributed by atoms with van der Waals surface area (Å²) < 4.78 is 51.6. The number of carbonyl (C=O) groups is 1. The molecule has 0 aliphatic carbocycles. The summed E-state index contributed by atoms with van der Waals surface area (Å²) in [6.07, 6.45) is -2.75. The number of nitrogens with one attached hydrogen (secondary N) is 1. The lowest BCUT2D eigenvalue weighted by atomic mass is 9.95. The molecule has 2 N–H and O–H groups in total. The summed E-state index contributed by atoms with van der Waals surface area (Å²) >= 11 is 0. The average molecular weight is 418 g/mol. The lowest BCUT2D eigenvalue weighted by Crippen LogP contribution is -2.41. The smallest absolute Gasteiger partial charge is 0.386 e. The van der Waals surface area contributed by atoms with Crippen molar-refractivity contribution < 1.29 is 27.5 Å². The van der Waals surface area contributed by atoms with Crippen LogP contribution >= 0.6 is 0 Å². The highest BCUT2D eigenvalue weighted by molar-refractivity contribution is 5.94. The van der Waals surface area contributed by atoms with Crippen LogP contribution in [-0.4, -0.2) is 22.0 Å². The Kier molecular flexibility index (Phi) is 6.47. The second-order valence-electron chi connectivity index (χ2n) is 6.72. The van der Waals surface area contributed by atoms with Crippen molar-refractivity contribution in [3.05, 3.63) is 101 Å². The predicted octanol–water partition coefficient (Wildman–Crippen LogP) is 4.31. The first kappa shape index (κ1) is 21.4. The highest BCUT2D eigenvalue weighted by atomic mass is 19.4. The van der Waals surface area contributed by atoms with Crippen molar-refractivity contribution in [1.29, 1.82) is 0 Å². The van der Waals surface area contributed by atoms with Gasteiger partial charge in [-0.15, -0.1) is 0 Å². The minimum absolute atomic E-state index is 0.0582. The van der Waals surface area contributed by atoms with Gasteiger partial charge in [-0.3, -0.25) is 9.78 Å². The van der Waals surface area contributed by atoms with Gasteiger partial charge in [-0.2, -0.15) is 13.2 Å². The molecule has 1 aromatic heterocycles. The van der Waals surface area contributed by atoms with Gasteiger partial charge < -0.3 is 10.4 Å². The van der Waals surface area contributed by atoms with E-state index in [2.05, 4.69) is 10.3 Å². The van der Waals surface area contributed by atoms with Crippen molar-refractivity contribution in [1.82, 2.24) is 10.3 Å². The number of benzene rings is 2. The Labute approximate surface area is 170 Å². The monoisotopic (exact) mass is 418 g/mol. The molecule has 4 nitrogen and oxygen atoms in total. The van der Waals surface area contributed by atoms with E-state index >= 15 is 0 Å². The number of alkyl halides is 3. The maximum Gasteiger partial charge on any atom is 0.416 e. The normalized spacial score (nSPS) is 13.5. The van der Waals surface area contributed by atoms with Crippen LogP contribution in [0.4, 0.5) is 17.6 Å². The molecule has 156 valence electrons. The SMILES string of the molecule is O=C(NC(Cc1ccc(C(F)(F)F)cc1)C(O)c1ccc(F)cc1)c1cccnc1. The van der Waals surface area contributed by atoms with Crippen LogP contribution in [0.15, 0.2) is 73.1 Å². The lowest BCUT2D eigenvalue weighted by Gasteiger charge is -2.25. The number of rotatable bonds is 6. The highest BCUT2D eigenvalue weighted by Gasteiger charge is 2.30. The van der Waals surface area contributed by atoms with E-state index in [0.29, 0.717) is 11.1 Å². The van der Waals surface area contributed by atoms with Gasteiger partial charge in [0.15, 0.2) is 0 Å². The van der Waals surface area contributed by atoms with E-state index in [0.717, 1.165) is 12.1 Å². The van der Waals surface area contributed by atoms with Crippen LogP contribution in [0.25, 0.3) is 0 Å². The standard InChI is InChI=1S/C22H18F4N2O2/c23-18-9-5-15(6-10-18)20(29)19(28-21(30)16-2-1-11-27-13-16)12-14-3-7-17(8-4-14)22(24,25)26/h1-11,13,19-20,29H,12H2,(H,28,30). The first-order valence-electron chi connectivity index (χ1n) is 9.04. The zero-order valence-corrected chi connectivity index (χ0v) is 15.6. The molecule has 2 aromatic carbocycles. The molecule has 0 saturated heterocycles. The van der Waals surface area contributed by atoms with E-state index in [9.17, 15) is 27.5 Å². The Balaban J connectivity index is 1.84. The molecule has 0 aliphatic rings. The third kappa shape index (κ3) is 5.42. The van der Waals surface area contributed by atoms with Gasteiger partial charge in [0.1, 0.15) is 5.82 Å². The largest absolute Gasteiger partial charge is 0.416 e. The van der Waals surface area contributed by atoms with Crippen molar-refractivity contribution in [3.8, 4) is 0 Å². The summed E-state index contributed by atoms with van der Waals surface area (Å²) in [5.41, 5.74) is 0.322. The van der Waals surface area contributed by atoms with Crippen molar-refractivity contribution in [2.75, 3.05) is 0 Å². The Hall–Kier alpha value is -3.26. The zero-order valence-electron chi connectivity index (χ0n) is 15.6. The quantitative estimate of drug-likeness (QED) is 0.587. The van der Waals surface area contributed by atoms with Crippen LogP contribution in [0.3, 0.4) is 0 Å². The number of amides is 1. The topological polar surface area (TPSA) is 62.2 Å². The van der Waals surface area contributed by atoms with Gasteiger partial charge in [0.25, 0.3) is 5.91 Å². The fraction of sp³-hybridized carbons (Fsp3) is 0.182. The fourth-order valence-electron chi connectivity index (χ4n) is 2.97. The summed E-state index contributed by atoms with van der Waals surface area (Å²) in [4.78, 5) is 16.4. The molecule has 0 aliphatic heterocycles. The minimum atomic E-state index is -4.46. The van der Waals surface area contributed by atoms with E-state index < -0.39 is 35.6 Å². The van der Waals surface area contributed by atoms with Gasteiger partial charge in [0, 0.05) is 12.4 Å². The number of aromatic nitrogens is 1. The van der Waals surface area contributed by atoms with Crippen LogP contribution in [0.1, 0.15) is 33.2 Å². The molecule has 2 unspecified atom stereocenters. The Bertz CT molecular complexity index is 975. The molecule has 0 spiro atoms. The van der Waals surface area contributed by atoms with Crippen LogP contribution in [0, 0.1) is 5.82 Å². The van der Waals surface area contributed by atoms with Crippen LogP contribution in [-0.2, 0) is 12.6 Å². The first-order chi connectivity index (χ1) is 14.2. The minimum Gasteiger partial charge on any atom is -0.386 e. The fourth-order valence-corrected chi connectivity index (χ4v) is 2.97. The van der Waals surface area contributed by atoms with Crippen molar-refractivity contribution in [2.24, 2.45) is 0 Å². The molecule has 2 atom stereocenters. The number of aliphatic hydroxyl groups excluding tert-OH is 1. The number of carbonyl (C=O) groups excluding carboxylic acids is 1. The third-order valence-corrected chi connectivity index (χ3v) is 4.57. The average Bonchev–Trinajstić information content (AvgIpc) is 2.73. The molecule has 30 heavy (non-hydrogen) atoms. The number of hydrogen-bond acceptors (Lipinski definition) is 3. The molecule has 0 fully saturated rings. The van der Waals surface area contributed by atoms with E-state index in [4.69, 9.17) is 0 Å². The highest BCUT2D eigenvalue weighted by Crippen LogP contribution is 2.29. The summed E-state index contributed by atoms with van der Waals surface area (Å²) in [6, 6.07) is 11.9. The van der Waals surface area contributed by atoms with E-state index in [1.807, 2.05) is 0 Å². The van der Waals surface area contributed by atoms with Crippen LogP contribution in [0.5, 0.6) is 0 Å². The maximum atomic E-state index is 13.2. The molecule has 3 aromatic rings. The molecule has 0 radical (unpaired) electrons. The molecular weight excluding hydrogens is 400 g/mol. The molecule has 0 bridgehead atoms. The van der Waals surface area contributed by atoms with E-state index in [-0.39, 0.29) is 12.0 Å². The van der Waals surface area contributed by atoms with Gasteiger partial charge in [0.05, 0.1) is 23.3 Å². The molecular formula is C22H18F4N2O2. The van der Waals surface area contributed by atoms with Gasteiger partial charge >= 0.3 is 6.18 Å². The van der Waals surface area contributed by atoms with E-state index in [1.54, 1.807) is 12.1 Å². The maximum absolute atomic E-state index is 13.2. The number of aliphatic hydroxyl groups is 1. The zero-order chi connectivity index (χ0) is 21.7. The Morgan fingerprint density at radius 2 is 1.70 bits per heavy atom. The third-order valence-electron chi connectivity index (χ3n) is 4.57. The van der Waals surface area contributed by atoms with Gasteiger partial charge in [-0.1, -0.05) is 24.3 Å². The lowest BCUT2D eigenvalue weighted by molar-refractivity contribution is -0.137. The van der Waals surface area contributed by atoms with Crippen LogP contribution < -0.4 is 5.32 Å². The van der Waals surface area contributed by atoms with Gasteiger partial charge in [-0.05, 0) is 53.9 Å². The van der Waals surface area contributed by atoms with Gasteiger partial charge in [0.2, 0.25) is 0 Å². The second-order valence-corrected chi connectivity index (χ2v) is 6.72. The molecule has 3 rings (SSSR count). The molecule has 1 amide bonds. The second kappa shape index (κ2) is 9.04. The molecule has 1 heterocycles. The Morgan fingerprint density at radius 1 is 1.03 bits per heavy atom. The molecule has 8 heteroatoms. The Morgan fingerprint density at radius 3 is 2.27 bits per heavy atom. The van der Waals surface area contributed by atoms with Gasteiger partial charge in [-0.25, -0.2) is 4.39 Å². The number of halogens is 4.